The van der Waals surface area contributed by atoms with Gasteiger partial charge in [-0.05, 0) is 101 Å². The molecule has 6 aromatic rings. The minimum absolute atomic E-state index is 0.00205. The number of fused-ring (bicyclic) bond motifs is 5. The molecule has 1 saturated carbocycles. The van der Waals surface area contributed by atoms with Crippen molar-refractivity contribution >= 4 is 62.5 Å². The molecule has 0 unspecified atom stereocenters. The lowest BCUT2D eigenvalue weighted by Crippen LogP contribution is -2.58. The van der Waals surface area contributed by atoms with E-state index >= 15 is 9.59 Å². The van der Waals surface area contributed by atoms with E-state index in [1.165, 1.54) is 11.0 Å². The molecule has 1 N–H and O–H groups in total. The highest BCUT2D eigenvalue weighted by Gasteiger charge is 2.66. The number of hydrogen-bond donors (Lipinski definition) is 1. The maximum absolute atomic E-state index is 15.5. The number of benzene rings is 6. The molecular weight excluding hydrogens is 761 g/mol. The summed E-state index contributed by atoms with van der Waals surface area (Å²) in [7, 11) is 3.94. The van der Waals surface area contributed by atoms with Crippen molar-refractivity contribution in [2.45, 2.75) is 24.2 Å². The lowest BCUT2D eigenvalue weighted by molar-refractivity contribution is -0.135. The van der Waals surface area contributed by atoms with E-state index < -0.39 is 35.0 Å². The van der Waals surface area contributed by atoms with Crippen molar-refractivity contribution in [2.75, 3.05) is 23.9 Å². The zero-order valence-electron chi connectivity index (χ0n) is 33.7. The SMILES string of the molecule is CN(C)c1ccc(N=Nc2ccc(N3C(=O)[C@H]4[C@H](CC=C5[C@H]4C[C@H]4C(=O)C(c6ccccc6)=CC(=O)[C@@]4(c4ccccc4)[C@H]5c4c(O)ccc5ccccc45)C3=O)cc2)cc1. The molecule has 4 aliphatic rings. The van der Waals surface area contributed by atoms with Crippen LogP contribution in [0, 0.1) is 23.7 Å². The number of carbonyl (C=O) groups excluding carboxylic acids is 4. The number of imide groups is 1. The van der Waals surface area contributed by atoms with Crippen LogP contribution in [0.3, 0.4) is 0 Å². The molecule has 0 aromatic heterocycles. The number of ketones is 2. The van der Waals surface area contributed by atoms with Gasteiger partial charge in [-0.2, -0.15) is 10.2 Å². The topological polar surface area (TPSA) is 120 Å². The first-order valence-corrected chi connectivity index (χ1v) is 20.7. The van der Waals surface area contributed by atoms with E-state index in [4.69, 9.17) is 0 Å². The Kier molecular flexibility index (Phi) is 9.20. The zero-order valence-corrected chi connectivity index (χ0v) is 33.7. The fourth-order valence-electron chi connectivity index (χ4n) is 10.6. The number of nitrogens with zero attached hydrogens (tertiary/aromatic N) is 4. The number of carbonyl (C=O) groups is 4. The number of hydrogen-bond acceptors (Lipinski definition) is 8. The van der Waals surface area contributed by atoms with Crippen LogP contribution in [0.15, 0.2) is 174 Å². The fourth-order valence-corrected chi connectivity index (χ4v) is 10.6. The van der Waals surface area contributed by atoms with Gasteiger partial charge in [0.15, 0.2) is 11.6 Å². The zero-order chi connectivity index (χ0) is 42.0. The summed E-state index contributed by atoms with van der Waals surface area (Å²) >= 11 is 0. The van der Waals surface area contributed by atoms with Crippen molar-refractivity contribution in [3.8, 4) is 5.75 Å². The first-order chi connectivity index (χ1) is 29.7. The van der Waals surface area contributed by atoms with E-state index in [-0.39, 0.29) is 42.0 Å². The molecule has 1 heterocycles. The van der Waals surface area contributed by atoms with Crippen molar-refractivity contribution in [1.29, 1.82) is 0 Å². The van der Waals surface area contributed by atoms with Gasteiger partial charge < -0.3 is 10.0 Å². The van der Waals surface area contributed by atoms with Crippen molar-refractivity contribution in [2.24, 2.45) is 33.9 Å². The summed E-state index contributed by atoms with van der Waals surface area (Å²) in [6.07, 6.45) is 3.95. The first-order valence-electron chi connectivity index (χ1n) is 20.7. The molecule has 10 rings (SSSR count). The van der Waals surface area contributed by atoms with E-state index in [0.29, 0.717) is 39.3 Å². The van der Waals surface area contributed by atoms with Crippen molar-refractivity contribution in [3.05, 3.63) is 180 Å². The number of aromatic hydroxyl groups is 1. The van der Waals surface area contributed by atoms with Gasteiger partial charge in [-0.1, -0.05) is 103 Å². The normalized spacial score (nSPS) is 24.6. The largest absolute Gasteiger partial charge is 0.508 e. The lowest BCUT2D eigenvalue weighted by atomic mass is 9.44. The molecule has 6 atom stereocenters. The molecule has 9 nitrogen and oxygen atoms in total. The minimum Gasteiger partial charge on any atom is -0.508 e. The molecule has 0 spiro atoms. The summed E-state index contributed by atoms with van der Waals surface area (Å²) in [5.41, 5.74) is 4.21. The number of rotatable bonds is 7. The average Bonchev–Trinajstić information content (AvgIpc) is 3.55. The Morgan fingerprint density at radius 3 is 2.02 bits per heavy atom. The van der Waals surface area contributed by atoms with E-state index in [1.807, 2.05) is 140 Å². The van der Waals surface area contributed by atoms with E-state index in [9.17, 15) is 14.7 Å². The van der Waals surface area contributed by atoms with Crippen LogP contribution in [0.2, 0.25) is 0 Å². The summed E-state index contributed by atoms with van der Waals surface area (Å²) in [6.45, 7) is 0. The van der Waals surface area contributed by atoms with Crippen LogP contribution in [0.25, 0.3) is 16.3 Å². The number of amides is 2. The second-order valence-corrected chi connectivity index (χ2v) is 16.6. The summed E-state index contributed by atoms with van der Waals surface area (Å²) < 4.78 is 0. The van der Waals surface area contributed by atoms with Crippen LogP contribution in [-0.4, -0.2) is 42.6 Å². The number of azo groups is 1. The van der Waals surface area contributed by atoms with E-state index in [2.05, 4.69) is 10.2 Å². The number of phenolic OH excluding ortho intramolecular Hbond substituents is 1. The number of allylic oxidation sites excluding steroid dienone is 4. The molecule has 0 radical (unpaired) electrons. The third kappa shape index (κ3) is 5.98. The maximum Gasteiger partial charge on any atom is 0.238 e. The van der Waals surface area contributed by atoms with Gasteiger partial charge in [-0.3, -0.25) is 24.1 Å². The van der Waals surface area contributed by atoms with Crippen LogP contribution in [0.4, 0.5) is 22.7 Å². The number of phenols is 1. The highest BCUT2D eigenvalue weighted by atomic mass is 16.3. The molecule has 1 aliphatic heterocycles. The molecule has 3 aliphatic carbocycles. The van der Waals surface area contributed by atoms with Gasteiger partial charge >= 0.3 is 0 Å². The third-order valence-corrected chi connectivity index (χ3v) is 13.4. The summed E-state index contributed by atoms with van der Waals surface area (Å²) in [6, 6.07) is 44.4. The second kappa shape index (κ2) is 14.8. The number of anilines is 2. The van der Waals surface area contributed by atoms with Crippen LogP contribution in [-0.2, 0) is 24.6 Å². The standard InChI is InChI=1S/C52H42N4O5/c1-55(2)36-22-18-34(19-23-36)53-54-35-20-24-37(25-21-35)56-50(60)40-27-26-39-42(46(40)51(56)61)29-43-49(59)41(31-11-5-3-6-12-31)30-45(58)52(43,33-14-7-4-8-15-33)48(39)47-38-16-10-9-13-32(38)17-28-44(47)57/h3-26,28,30,40,42-43,46,48,57H,27,29H2,1-2H3/t40-,42+,43-,46-,48+,52-/m0/s1. The summed E-state index contributed by atoms with van der Waals surface area (Å²) in [5.74, 6) is -4.89. The second-order valence-electron chi connectivity index (χ2n) is 16.6. The molecule has 0 bridgehead atoms. The lowest BCUT2D eigenvalue weighted by Gasteiger charge is -2.55. The van der Waals surface area contributed by atoms with Gasteiger partial charge in [-0.15, -0.1) is 0 Å². The van der Waals surface area contributed by atoms with Crippen molar-refractivity contribution in [1.82, 2.24) is 0 Å². The Morgan fingerprint density at radius 1 is 0.689 bits per heavy atom. The fraction of sp³-hybridized carbons (Fsp3) is 0.192. The van der Waals surface area contributed by atoms with Gasteiger partial charge in [-0.25, -0.2) is 0 Å². The molecule has 300 valence electrons. The maximum atomic E-state index is 15.5. The highest BCUT2D eigenvalue weighted by Crippen LogP contribution is 2.65. The molecule has 2 fully saturated rings. The van der Waals surface area contributed by atoms with Crippen LogP contribution in [0.5, 0.6) is 5.75 Å². The van der Waals surface area contributed by atoms with Crippen molar-refractivity contribution in [3.63, 3.8) is 0 Å². The van der Waals surface area contributed by atoms with Crippen LogP contribution >= 0.6 is 0 Å². The molecule has 9 heteroatoms. The molecule has 6 aromatic carbocycles. The smallest absolute Gasteiger partial charge is 0.238 e. The Hall–Kier alpha value is -7.26. The molecule has 1 saturated heterocycles. The van der Waals surface area contributed by atoms with E-state index in [1.54, 1.807) is 30.3 Å². The quantitative estimate of drug-likeness (QED) is 0.0975. The van der Waals surface area contributed by atoms with Crippen molar-refractivity contribution < 1.29 is 24.3 Å². The predicted octanol–water partition coefficient (Wildman–Crippen LogP) is 10.1. The molecular formula is C52H42N4O5. The van der Waals surface area contributed by atoms with Gasteiger partial charge in [0.05, 0.1) is 34.3 Å². The van der Waals surface area contributed by atoms with Crippen LogP contribution in [0.1, 0.15) is 35.4 Å². The summed E-state index contributed by atoms with van der Waals surface area (Å²) in [5, 5.41) is 22.4. The van der Waals surface area contributed by atoms with Gasteiger partial charge in [0.2, 0.25) is 11.8 Å². The Morgan fingerprint density at radius 2 is 1.33 bits per heavy atom. The highest BCUT2D eigenvalue weighted by molar-refractivity contribution is 6.32. The predicted molar refractivity (Wildman–Crippen MR) is 236 cm³/mol. The molecule has 61 heavy (non-hydrogen) atoms. The minimum atomic E-state index is -1.46. The van der Waals surface area contributed by atoms with E-state index in [0.717, 1.165) is 22.0 Å². The monoisotopic (exact) mass is 802 g/mol. The Balaban J connectivity index is 1.09. The van der Waals surface area contributed by atoms with Gasteiger partial charge in [0, 0.05) is 42.8 Å². The van der Waals surface area contributed by atoms with Crippen LogP contribution < -0.4 is 9.80 Å². The third-order valence-electron chi connectivity index (χ3n) is 13.4. The average molecular weight is 803 g/mol. The Bertz CT molecular complexity index is 2850. The van der Waals surface area contributed by atoms with Gasteiger partial charge in [0.1, 0.15) is 5.75 Å². The number of Topliss-reactive ketones (excluding diaryl/α,β-unsaturated/α-hetero) is 1. The van der Waals surface area contributed by atoms with Gasteiger partial charge in [0.25, 0.3) is 0 Å². The Labute approximate surface area is 353 Å². The summed E-state index contributed by atoms with van der Waals surface area (Å²) in [4.78, 5) is 63.5. The molecule has 2 amide bonds. The first kappa shape index (κ1) is 38.0.